The van der Waals surface area contributed by atoms with Crippen molar-refractivity contribution < 1.29 is 4.42 Å². The number of hydrogen-bond acceptors (Lipinski definition) is 2. The minimum atomic E-state index is 0.650. The average molecular weight is 287 g/mol. The lowest BCUT2D eigenvalue weighted by molar-refractivity contribution is 0.498. The Labute approximate surface area is 101 Å². The number of halogens is 2. The van der Waals surface area contributed by atoms with Crippen molar-refractivity contribution in [3.63, 3.8) is 0 Å². The Balaban J connectivity index is 2.24. The van der Waals surface area contributed by atoms with Crippen molar-refractivity contribution in [3.05, 3.63) is 51.3 Å². The molecule has 2 nitrogen and oxygen atoms in total. The predicted molar refractivity (Wildman–Crippen MR) is 65.1 cm³/mol. The van der Waals surface area contributed by atoms with Gasteiger partial charge in [0, 0.05) is 17.1 Å². The van der Waals surface area contributed by atoms with Gasteiger partial charge in [-0.2, -0.15) is 0 Å². The number of rotatable bonds is 2. The van der Waals surface area contributed by atoms with Gasteiger partial charge in [0.15, 0.2) is 4.67 Å². The molecule has 2 aromatic rings. The van der Waals surface area contributed by atoms with Crippen LogP contribution in [0.15, 0.2) is 39.4 Å². The van der Waals surface area contributed by atoms with Gasteiger partial charge < -0.3 is 10.2 Å². The van der Waals surface area contributed by atoms with Crippen LogP contribution in [0.5, 0.6) is 0 Å². The summed E-state index contributed by atoms with van der Waals surface area (Å²) in [6.45, 7) is 0. The molecule has 1 aromatic carbocycles. The molecule has 0 aliphatic carbocycles. The van der Waals surface area contributed by atoms with Crippen LogP contribution in [0.4, 0.5) is 5.69 Å². The van der Waals surface area contributed by atoms with Gasteiger partial charge >= 0.3 is 0 Å². The van der Waals surface area contributed by atoms with Gasteiger partial charge in [0.2, 0.25) is 0 Å². The smallest absolute Gasteiger partial charge is 0.169 e. The number of hydrogen-bond donors (Lipinski definition) is 1. The molecule has 1 heterocycles. The first-order valence-electron chi connectivity index (χ1n) is 4.43. The van der Waals surface area contributed by atoms with Gasteiger partial charge in [0.25, 0.3) is 0 Å². The van der Waals surface area contributed by atoms with Crippen LogP contribution in [-0.4, -0.2) is 0 Å². The van der Waals surface area contributed by atoms with E-state index in [4.69, 9.17) is 21.8 Å². The van der Waals surface area contributed by atoms with Crippen LogP contribution in [0.2, 0.25) is 5.02 Å². The van der Waals surface area contributed by atoms with E-state index in [0.717, 1.165) is 16.0 Å². The van der Waals surface area contributed by atoms with Gasteiger partial charge in [-0.1, -0.05) is 17.7 Å². The Hall–Kier alpha value is -0.930. The topological polar surface area (TPSA) is 39.2 Å². The van der Waals surface area contributed by atoms with Crippen molar-refractivity contribution in [2.45, 2.75) is 6.42 Å². The molecule has 0 unspecified atom stereocenters. The van der Waals surface area contributed by atoms with Crippen molar-refractivity contribution >= 4 is 33.2 Å². The molecule has 0 saturated carbocycles. The number of benzene rings is 1. The lowest BCUT2D eigenvalue weighted by Gasteiger charge is -2.03. The number of anilines is 1. The van der Waals surface area contributed by atoms with Crippen molar-refractivity contribution in [2.24, 2.45) is 0 Å². The molecule has 0 amide bonds. The Morgan fingerprint density at radius 2 is 2.07 bits per heavy atom. The monoisotopic (exact) mass is 285 g/mol. The summed E-state index contributed by atoms with van der Waals surface area (Å²) in [5.41, 5.74) is 7.54. The van der Waals surface area contributed by atoms with E-state index < -0.39 is 0 Å². The van der Waals surface area contributed by atoms with Gasteiger partial charge in [-0.15, -0.1) is 0 Å². The zero-order valence-corrected chi connectivity index (χ0v) is 10.2. The first kappa shape index (κ1) is 10.6. The number of furan rings is 1. The molecule has 78 valence electrons. The molecule has 0 spiro atoms. The summed E-state index contributed by atoms with van der Waals surface area (Å²) >= 11 is 9.07. The van der Waals surface area contributed by atoms with Gasteiger partial charge in [-0.3, -0.25) is 0 Å². The highest BCUT2D eigenvalue weighted by Gasteiger charge is 2.04. The summed E-state index contributed by atoms with van der Waals surface area (Å²) in [5.74, 6) is 0.871. The Kier molecular flexibility index (Phi) is 3.03. The maximum Gasteiger partial charge on any atom is 0.169 e. The quantitative estimate of drug-likeness (QED) is 0.851. The van der Waals surface area contributed by atoms with Crippen molar-refractivity contribution in [2.75, 3.05) is 5.73 Å². The second-order valence-corrected chi connectivity index (χ2v) is 4.44. The van der Waals surface area contributed by atoms with Crippen LogP contribution in [0.1, 0.15) is 11.3 Å². The SMILES string of the molecule is Nc1cc(Cl)ccc1Cc1ccc(Br)o1. The van der Waals surface area contributed by atoms with Crippen molar-refractivity contribution in [1.82, 2.24) is 0 Å². The van der Waals surface area contributed by atoms with Crippen molar-refractivity contribution in [1.29, 1.82) is 0 Å². The van der Waals surface area contributed by atoms with Crippen LogP contribution in [0, 0.1) is 0 Å². The molecule has 0 atom stereocenters. The first-order valence-corrected chi connectivity index (χ1v) is 5.60. The van der Waals surface area contributed by atoms with Crippen LogP contribution in [-0.2, 0) is 6.42 Å². The van der Waals surface area contributed by atoms with Gasteiger partial charge in [0.05, 0.1) is 0 Å². The van der Waals surface area contributed by atoms with E-state index >= 15 is 0 Å². The largest absolute Gasteiger partial charge is 0.454 e. The summed E-state index contributed by atoms with van der Waals surface area (Å²) in [4.78, 5) is 0. The summed E-state index contributed by atoms with van der Waals surface area (Å²) in [6.07, 6.45) is 0.675. The Bertz CT molecular complexity index is 481. The number of nitrogen functional groups attached to an aromatic ring is 1. The second kappa shape index (κ2) is 4.29. The molecule has 0 fully saturated rings. The van der Waals surface area contributed by atoms with E-state index in [1.165, 1.54) is 0 Å². The summed E-state index contributed by atoms with van der Waals surface area (Å²) < 4.78 is 6.13. The summed E-state index contributed by atoms with van der Waals surface area (Å²) in [7, 11) is 0. The highest BCUT2D eigenvalue weighted by Crippen LogP contribution is 2.23. The van der Waals surface area contributed by atoms with E-state index in [1.807, 2.05) is 24.3 Å². The third kappa shape index (κ3) is 2.55. The second-order valence-electron chi connectivity index (χ2n) is 3.23. The third-order valence-corrected chi connectivity index (χ3v) is 2.76. The maximum atomic E-state index is 5.84. The van der Waals surface area contributed by atoms with Gasteiger partial charge in [-0.25, -0.2) is 0 Å². The Morgan fingerprint density at radius 3 is 2.67 bits per heavy atom. The number of nitrogens with two attached hydrogens (primary N) is 1. The highest BCUT2D eigenvalue weighted by atomic mass is 79.9. The average Bonchev–Trinajstić information content (AvgIpc) is 2.56. The van der Waals surface area contributed by atoms with E-state index in [9.17, 15) is 0 Å². The molecule has 4 heteroatoms. The highest BCUT2D eigenvalue weighted by molar-refractivity contribution is 9.10. The lowest BCUT2D eigenvalue weighted by atomic mass is 10.1. The van der Waals surface area contributed by atoms with Crippen molar-refractivity contribution in [3.8, 4) is 0 Å². The maximum absolute atomic E-state index is 5.84. The molecule has 0 aliphatic heterocycles. The minimum Gasteiger partial charge on any atom is -0.454 e. The molecule has 0 aliphatic rings. The van der Waals surface area contributed by atoms with Crippen LogP contribution < -0.4 is 5.73 Å². The van der Waals surface area contributed by atoms with Crippen LogP contribution >= 0.6 is 27.5 Å². The van der Waals surface area contributed by atoms with Crippen LogP contribution in [0.3, 0.4) is 0 Å². The molecular formula is C11H9BrClNO. The molecule has 15 heavy (non-hydrogen) atoms. The van der Waals surface area contributed by atoms with E-state index in [0.29, 0.717) is 17.1 Å². The summed E-state index contributed by atoms with van der Waals surface area (Å²) in [6, 6.07) is 9.26. The third-order valence-electron chi connectivity index (χ3n) is 2.10. The standard InChI is InChI=1S/C11H9BrClNO/c12-11-4-3-9(15-11)5-7-1-2-8(13)6-10(7)14/h1-4,6H,5,14H2. The molecule has 0 bridgehead atoms. The van der Waals surface area contributed by atoms with Gasteiger partial charge in [-0.05, 0) is 45.8 Å². The van der Waals surface area contributed by atoms with E-state index in [1.54, 1.807) is 6.07 Å². The fourth-order valence-electron chi connectivity index (χ4n) is 1.36. The predicted octanol–water partition coefficient (Wildman–Crippen LogP) is 3.87. The lowest BCUT2D eigenvalue weighted by Crippen LogP contribution is -1.94. The fourth-order valence-corrected chi connectivity index (χ4v) is 1.88. The fraction of sp³-hybridized carbons (Fsp3) is 0.0909. The zero-order chi connectivity index (χ0) is 10.8. The van der Waals surface area contributed by atoms with Crippen LogP contribution in [0.25, 0.3) is 0 Å². The van der Waals surface area contributed by atoms with E-state index in [-0.39, 0.29) is 0 Å². The van der Waals surface area contributed by atoms with E-state index in [2.05, 4.69) is 15.9 Å². The molecule has 1 aromatic heterocycles. The molecular weight excluding hydrogens is 277 g/mol. The Morgan fingerprint density at radius 1 is 1.27 bits per heavy atom. The molecule has 2 rings (SSSR count). The molecule has 0 radical (unpaired) electrons. The summed E-state index contributed by atoms with van der Waals surface area (Å²) in [5, 5.41) is 0.650. The first-order chi connectivity index (χ1) is 7.15. The molecule has 0 saturated heterocycles. The molecule has 2 N–H and O–H groups in total. The normalized spacial score (nSPS) is 10.5. The van der Waals surface area contributed by atoms with Gasteiger partial charge in [0.1, 0.15) is 5.76 Å². The minimum absolute atomic E-state index is 0.650. The zero-order valence-electron chi connectivity index (χ0n) is 7.84.